The summed E-state index contributed by atoms with van der Waals surface area (Å²) in [4.78, 5) is 36.3. The van der Waals surface area contributed by atoms with Crippen LogP contribution in [0, 0.1) is 5.92 Å². The summed E-state index contributed by atoms with van der Waals surface area (Å²) >= 11 is 0. The molecule has 0 aromatic heterocycles. The lowest BCUT2D eigenvalue weighted by molar-refractivity contribution is -0.141. The molecule has 0 spiro atoms. The van der Waals surface area contributed by atoms with Crippen molar-refractivity contribution in [3.8, 4) is 11.1 Å². The Morgan fingerprint density at radius 1 is 1.00 bits per heavy atom. The average Bonchev–Trinajstić information content (AvgIpc) is 3.59. The third-order valence-electron chi connectivity index (χ3n) is 6.93. The number of aliphatic carboxylic acids is 1. The normalized spacial score (nSPS) is 25.0. The predicted molar refractivity (Wildman–Crippen MR) is 125 cm³/mol. The highest BCUT2D eigenvalue weighted by Crippen LogP contribution is 2.44. The molecule has 2 heterocycles. The van der Waals surface area contributed by atoms with Crippen LogP contribution in [0.2, 0.25) is 0 Å². The van der Waals surface area contributed by atoms with Gasteiger partial charge in [0.2, 0.25) is 0 Å². The van der Waals surface area contributed by atoms with Crippen LogP contribution in [0.5, 0.6) is 0 Å². The topological polar surface area (TPSA) is 123 Å². The molecule has 9 nitrogen and oxygen atoms in total. The molecule has 35 heavy (non-hydrogen) atoms. The molecule has 2 unspecified atom stereocenters. The molecule has 184 valence electrons. The van der Waals surface area contributed by atoms with Gasteiger partial charge >= 0.3 is 12.1 Å². The Kier molecular flexibility index (Phi) is 6.70. The van der Waals surface area contributed by atoms with Crippen LogP contribution in [0.3, 0.4) is 0 Å². The lowest BCUT2D eigenvalue weighted by Crippen LogP contribution is -2.49. The summed E-state index contributed by atoms with van der Waals surface area (Å²) in [7, 11) is 0. The van der Waals surface area contributed by atoms with E-state index in [0.717, 1.165) is 22.3 Å². The highest BCUT2D eigenvalue weighted by atomic mass is 16.6. The Morgan fingerprint density at radius 2 is 1.69 bits per heavy atom. The van der Waals surface area contributed by atoms with Gasteiger partial charge in [-0.3, -0.25) is 9.59 Å². The molecular weight excluding hydrogens is 452 g/mol. The number of fused-ring (bicyclic) bond motifs is 3. The third-order valence-corrected chi connectivity index (χ3v) is 6.93. The molecule has 2 fully saturated rings. The molecule has 2 aliphatic heterocycles. The van der Waals surface area contributed by atoms with Crippen LogP contribution in [-0.4, -0.2) is 67.7 Å². The van der Waals surface area contributed by atoms with Crippen molar-refractivity contribution in [3.63, 3.8) is 0 Å². The smallest absolute Gasteiger partial charge is 0.407 e. The van der Waals surface area contributed by atoms with Crippen molar-refractivity contribution in [1.29, 1.82) is 0 Å². The second-order valence-corrected chi connectivity index (χ2v) is 9.13. The molecule has 4 atom stereocenters. The van der Waals surface area contributed by atoms with Gasteiger partial charge in [-0.05, 0) is 35.1 Å². The fourth-order valence-electron chi connectivity index (χ4n) is 5.12. The number of hydrogen-bond donors (Lipinski definition) is 3. The molecule has 3 aliphatic rings. The van der Waals surface area contributed by atoms with Crippen LogP contribution in [0.4, 0.5) is 4.79 Å². The molecule has 3 N–H and O–H groups in total. The highest BCUT2D eigenvalue weighted by Gasteiger charge is 2.37. The molecule has 1 aliphatic carbocycles. The Bertz CT molecular complexity index is 1070. The SMILES string of the molecule is O=C(N[C@@H]1CCO[C@@H]1C(=O)NCC1CC(C(=O)O)CO1)OCC1c2ccccc2-c2ccccc21. The van der Waals surface area contributed by atoms with Gasteiger partial charge in [0.1, 0.15) is 6.61 Å². The van der Waals surface area contributed by atoms with Crippen LogP contribution in [0.15, 0.2) is 48.5 Å². The maximum Gasteiger partial charge on any atom is 0.407 e. The summed E-state index contributed by atoms with van der Waals surface area (Å²) in [6, 6.07) is 15.7. The van der Waals surface area contributed by atoms with Gasteiger partial charge in [-0.15, -0.1) is 0 Å². The van der Waals surface area contributed by atoms with Crippen LogP contribution < -0.4 is 10.6 Å². The van der Waals surface area contributed by atoms with E-state index in [-0.39, 0.29) is 37.7 Å². The van der Waals surface area contributed by atoms with E-state index in [1.165, 1.54) is 0 Å². The monoisotopic (exact) mass is 480 g/mol. The van der Waals surface area contributed by atoms with Crippen LogP contribution in [0.25, 0.3) is 11.1 Å². The Balaban J connectivity index is 1.13. The molecule has 2 aromatic carbocycles. The van der Waals surface area contributed by atoms with E-state index in [1.807, 2.05) is 24.3 Å². The van der Waals surface area contributed by atoms with Crippen molar-refractivity contribution in [2.24, 2.45) is 5.92 Å². The van der Waals surface area contributed by atoms with Crippen LogP contribution in [0.1, 0.15) is 29.9 Å². The van der Waals surface area contributed by atoms with E-state index >= 15 is 0 Å². The Hall–Kier alpha value is -3.43. The lowest BCUT2D eigenvalue weighted by Gasteiger charge is -2.21. The van der Waals surface area contributed by atoms with E-state index in [2.05, 4.69) is 34.9 Å². The molecule has 0 saturated carbocycles. The van der Waals surface area contributed by atoms with Gasteiger partial charge in [-0.2, -0.15) is 0 Å². The van der Waals surface area contributed by atoms with E-state index in [9.17, 15) is 14.4 Å². The zero-order valence-electron chi connectivity index (χ0n) is 19.1. The quantitative estimate of drug-likeness (QED) is 0.556. The number of carboxylic acids is 1. The maximum absolute atomic E-state index is 12.7. The van der Waals surface area contributed by atoms with Gasteiger partial charge in [0, 0.05) is 19.1 Å². The fourth-order valence-corrected chi connectivity index (χ4v) is 5.12. The number of rotatable bonds is 7. The number of nitrogens with one attached hydrogen (secondary N) is 2. The van der Waals surface area contributed by atoms with Crippen molar-refractivity contribution in [2.45, 2.75) is 37.0 Å². The van der Waals surface area contributed by atoms with Crippen molar-refractivity contribution in [2.75, 3.05) is 26.4 Å². The second-order valence-electron chi connectivity index (χ2n) is 9.13. The van der Waals surface area contributed by atoms with Gasteiger partial charge in [0.05, 0.1) is 24.7 Å². The predicted octanol–water partition coefficient (Wildman–Crippen LogP) is 2.29. The number of carbonyl (C=O) groups excluding carboxylic acids is 2. The number of amides is 2. The molecule has 0 radical (unpaired) electrons. The van der Waals surface area contributed by atoms with Crippen LogP contribution >= 0.6 is 0 Å². The van der Waals surface area contributed by atoms with Gasteiger partial charge in [0.15, 0.2) is 6.10 Å². The van der Waals surface area contributed by atoms with Crippen molar-refractivity contribution in [3.05, 3.63) is 59.7 Å². The minimum Gasteiger partial charge on any atom is -0.481 e. The molecule has 0 bridgehead atoms. The zero-order chi connectivity index (χ0) is 24.4. The average molecular weight is 481 g/mol. The first-order valence-electron chi connectivity index (χ1n) is 11.9. The summed E-state index contributed by atoms with van der Waals surface area (Å²) in [5.74, 6) is -1.87. The molecular formula is C26H28N2O7. The molecule has 5 rings (SSSR count). The highest BCUT2D eigenvalue weighted by molar-refractivity contribution is 5.83. The minimum atomic E-state index is -0.898. The molecule has 2 aromatic rings. The third kappa shape index (κ3) is 4.87. The van der Waals surface area contributed by atoms with E-state index in [4.69, 9.17) is 19.3 Å². The summed E-state index contributed by atoms with van der Waals surface area (Å²) in [6.45, 7) is 0.864. The zero-order valence-corrected chi connectivity index (χ0v) is 19.1. The van der Waals surface area contributed by atoms with E-state index in [1.54, 1.807) is 0 Å². The van der Waals surface area contributed by atoms with Gasteiger partial charge in [0.25, 0.3) is 5.91 Å². The van der Waals surface area contributed by atoms with Gasteiger partial charge in [-0.1, -0.05) is 48.5 Å². The van der Waals surface area contributed by atoms with Crippen LogP contribution in [-0.2, 0) is 23.8 Å². The number of carboxylic acid groups (broad SMARTS) is 1. The molecule has 2 amide bonds. The van der Waals surface area contributed by atoms with E-state index < -0.39 is 30.1 Å². The maximum atomic E-state index is 12.7. The Labute approximate surface area is 202 Å². The fraction of sp³-hybridized carbons (Fsp3) is 0.423. The lowest BCUT2D eigenvalue weighted by atomic mass is 9.98. The number of alkyl carbamates (subject to hydrolysis) is 1. The summed E-state index contributed by atoms with van der Waals surface area (Å²) in [6.07, 6.45) is -0.947. The minimum absolute atomic E-state index is 0.0480. The molecule has 9 heteroatoms. The number of ether oxygens (including phenoxy) is 3. The number of hydrogen-bond acceptors (Lipinski definition) is 6. The first-order valence-corrected chi connectivity index (χ1v) is 11.9. The van der Waals surface area contributed by atoms with Gasteiger partial charge in [-0.25, -0.2) is 4.79 Å². The first kappa shape index (κ1) is 23.3. The number of benzene rings is 2. The second kappa shape index (κ2) is 10.1. The number of carbonyl (C=O) groups is 3. The standard InChI is InChI=1S/C26H28N2O7/c29-24(27-12-16-11-15(13-34-16)25(30)31)23-22(9-10-33-23)28-26(32)35-14-21-19-7-3-1-5-17(19)18-6-2-4-8-20(18)21/h1-8,15-16,21-23H,9-14H2,(H,27,29)(H,28,32)(H,30,31)/t15?,16?,22-,23+/m1/s1. The van der Waals surface area contributed by atoms with Crippen molar-refractivity contribution >= 4 is 18.0 Å². The summed E-state index contributed by atoms with van der Waals surface area (Å²) in [5.41, 5.74) is 4.56. The van der Waals surface area contributed by atoms with Crippen molar-refractivity contribution < 1.29 is 33.7 Å². The summed E-state index contributed by atoms with van der Waals surface area (Å²) < 4.78 is 16.6. The van der Waals surface area contributed by atoms with Crippen molar-refractivity contribution in [1.82, 2.24) is 10.6 Å². The Morgan fingerprint density at radius 3 is 2.34 bits per heavy atom. The largest absolute Gasteiger partial charge is 0.481 e. The molecule has 2 saturated heterocycles. The summed E-state index contributed by atoms with van der Waals surface area (Å²) in [5, 5.41) is 14.6. The van der Waals surface area contributed by atoms with E-state index in [0.29, 0.717) is 19.4 Å². The van der Waals surface area contributed by atoms with Gasteiger partial charge < -0.3 is 30.0 Å². The first-order chi connectivity index (χ1) is 17.0.